The van der Waals surface area contributed by atoms with Crippen molar-refractivity contribution in [2.45, 2.75) is 25.8 Å². The minimum atomic E-state index is -2.26. The number of aryl methyl sites for hydroxylation is 1. The van der Waals surface area contributed by atoms with E-state index in [1.807, 2.05) is 6.07 Å². The summed E-state index contributed by atoms with van der Waals surface area (Å²) in [4.78, 5) is 25.3. The maximum atomic E-state index is 14.6. The molecule has 0 fully saturated rings. The third-order valence-corrected chi connectivity index (χ3v) is 5.98. The van der Waals surface area contributed by atoms with Crippen molar-refractivity contribution < 1.29 is 17.7 Å². The van der Waals surface area contributed by atoms with Crippen molar-refractivity contribution in [3.05, 3.63) is 75.2 Å². The van der Waals surface area contributed by atoms with Gasteiger partial charge in [-0.1, -0.05) is 29.8 Å². The summed E-state index contributed by atoms with van der Waals surface area (Å²) in [5.41, 5.74) is -0.288. The largest absolute Gasteiger partial charge is 0.350 e. The number of benzene rings is 2. The van der Waals surface area contributed by atoms with Gasteiger partial charge in [-0.3, -0.25) is 9.36 Å². The number of para-hydroxylation sites is 1. The van der Waals surface area contributed by atoms with Gasteiger partial charge in [0.1, 0.15) is 11.5 Å². The van der Waals surface area contributed by atoms with Crippen LogP contribution in [-0.2, 0) is 28.5 Å². The van der Waals surface area contributed by atoms with Crippen molar-refractivity contribution in [2.75, 3.05) is 12.1 Å². The fourth-order valence-corrected chi connectivity index (χ4v) is 4.19. The van der Waals surface area contributed by atoms with E-state index in [1.165, 1.54) is 16.7 Å². The lowest BCUT2D eigenvalue weighted by Crippen LogP contribution is -2.32. The molecule has 12 heteroatoms. The van der Waals surface area contributed by atoms with E-state index in [1.54, 1.807) is 24.3 Å². The molecule has 0 aliphatic carbocycles. The number of amides is 1. The fraction of sp³-hybridized carbons (Fsp3) is 0.250. The minimum Gasteiger partial charge on any atom is -0.279 e. The first-order valence-electron chi connectivity index (χ1n) is 9.73. The zero-order valence-electron chi connectivity index (χ0n) is 17.0. The van der Waals surface area contributed by atoms with Gasteiger partial charge in [-0.15, -0.1) is 5.10 Å². The Morgan fingerprint density at radius 3 is 2.75 bits per heavy atom. The number of hydrogen-bond acceptors (Lipinski definition) is 6. The summed E-state index contributed by atoms with van der Waals surface area (Å²) in [7, 11) is 1.52. The van der Waals surface area contributed by atoms with E-state index in [-0.39, 0.29) is 16.3 Å². The molecular weight excluding hydrogens is 461 g/mol. The Kier molecular flexibility index (Phi) is 6.40. The number of nitrogens with zero attached hydrogens (tertiary/aromatic N) is 4. The number of halogens is 2. The molecule has 1 aliphatic heterocycles. The van der Waals surface area contributed by atoms with E-state index in [0.717, 1.165) is 29.7 Å². The number of carbonyl (C=O) groups excluding carboxylic acids is 1. The molecule has 0 bridgehead atoms. The van der Waals surface area contributed by atoms with E-state index in [4.69, 9.17) is 15.9 Å². The van der Waals surface area contributed by atoms with Crippen molar-refractivity contribution in [1.29, 1.82) is 0 Å². The molecule has 4 rings (SSSR count). The number of hydroxylamine groups is 1. The third-order valence-electron chi connectivity index (χ3n) is 4.96. The molecule has 1 unspecified atom stereocenters. The van der Waals surface area contributed by atoms with Crippen LogP contribution in [0.15, 0.2) is 47.3 Å². The zero-order valence-corrected chi connectivity index (χ0v) is 18.5. The highest BCUT2D eigenvalue weighted by atomic mass is 35.5. The van der Waals surface area contributed by atoms with E-state index >= 15 is 0 Å². The standard InChI is InChI=1S/C20H19ClFN5O4S/c1-25(13-7-3-2-4-8-13)31-32(30)24-19(28)14-11-17(16(22)12-15(14)21)27-20(29)26-10-6-5-9-18(26)23-27/h2-4,7-8,11-12H,5-6,9-10H2,1H3,(H,24,28). The molecule has 1 aromatic heterocycles. The molecule has 1 atom stereocenters. The van der Waals surface area contributed by atoms with Gasteiger partial charge in [0.25, 0.3) is 17.2 Å². The zero-order chi connectivity index (χ0) is 22.8. The van der Waals surface area contributed by atoms with Gasteiger partial charge >= 0.3 is 5.69 Å². The van der Waals surface area contributed by atoms with Crippen molar-refractivity contribution in [1.82, 2.24) is 19.1 Å². The predicted molar refractivity (Wildman–Crippen MR) is 117 cm³/mol. The lowest BCUT2D eigenvalue weighted by molar-refractivity contribution is 0.0979. The van der Waals surface area contributed by atoms with Crippen LogP contribution in [0.2, 0.25) is 5.02 Å². The summed E-state index contributed by atoms with van der Waals surface area (Å²) in [5, 5.41) is 5.22. The normalized spacial score (nSPS) is 14.0. The summed E-state index contributed by atoms with van der Waals surface area (Å²) in [6.07, 6.45) is 2.32. The molecule has 2 heterocycles. The Labute approximate surface area is 190 Å². The maximum Gasteiger partial charge on any atom is 0.350 e. The second-order valence-corrected chi connectivity index (χ2v) is 8.31. The summed E-state index contributed by atoms with van der Waals surface area (Å²) in [6, 6.07) is 10.8. The Morgan fingerprint density at radius 2 is 2.03 bits per heavy atom. The minimum absolute atomic E-state index is 0.180. The maximum absolute atomic E-state index is 14.6. The van der Waals surface area contributed by atoms with Gasteiger partial charge in [-0.2, -0.15) is 8.97 Å². The van der Waals surface area contributed by atoms with Gasteiger partial charge in [0.2, 0.25) is 0 Å². The number of carbonyl (C=O) groups is 1. The van der Waals surface area contributed by atoms with Gasteiger partial charge in [-0.25, -0.2) is 23.2 Å². The van der Waals surface area contributed by atoms with Crippen LogP contribution < -0.4 is 15.5 Å². The third kappa shape index (κ3) is 4.45. The molecule has 1 amide bonds. The van der Waals surface area contributed by atoms with Crippen LogP contribution in [0.5, 0.6) is 0 Å². The topological polar surface area (TPSA) is 98.5 Å². The molecule has 32 heavy (non-hydrogen) atoms. The summed E-state index contributed by atoms with van der Waals surface area (Å²) < 4.78 is 36.6. The fourth-order valence-electron chi connectivity index (χ4n) is 3.36. The van der Waals surface area contributed by atoms with Crippen molar-refractivity contribution in [2.24, 2.45) is 0 Å². The highest BCUT2D eigenvalue weighted by Crippen LogP contribution is 2.23. The lowest BCUT2D eigenvalue weighted by Gasteiger charge is -2.17. The molecule has 0 spiro atoms. The number of nitrogens with one attached hydrogen (secondary N) is 1. The van der Waals surface area contributed by atoms with Gasteiger partial charge in [0, 0.05) is 20.0 Å². The van der Waals surface area contributed by atoms with Crippen molar-refractivity contribution in [3.63, 3.8) is 0 Å². The molecule has 9 nitrogen and oxygen atoms in total. The highest BCUT2D eigenvalue weighted by molar-refractivity contribution is 7.78. The Bertz CT molecular complexity index is 1250. The van der Waals surface area contributed by atoms with Crippen LogP contribution in [0, 0.1) is 5.82 Å². The summed E-state index contributed by atoms with van der Waals surface area (Å²) in [6.45, 7) is 0.502. The number of rotatable bonds is 6. The van der Waals surface area contributed by atoms with Crippen LogP contribution in [0.4, 0.5) is 10.1 Å². The number of anilines is 1. The number of fused-ring (bicyclic) bond motifs is 1. The van der Waals surface area contributed by atoms with E-state index in [0.29, 0.717) is 24.5 Å². The molecular formula is C20H19ClFN5O4S. The molecule has 0 saturated heterocycles. The van der Waals surface area contributed by atoms with Gasteiger partial charge in [0.05, 0.1) is 16.3 Å². The summed E-state index contributed by atoms with van der Waals surface area (Å²) >= 11 is 3.79. The lowest BCUT2D eigenvalue weighted by atomic mass is 10.2. The monoisotopic (exact) mass is 479 g/mol. The quantitative estimate of drug-likeness (QED) is 0.545. The Morgan fingerprint density at radius 1 is 1.28 bits per heavy atom. The smallest absolute Gasteiger partial charge is 0.279 e. The number of aromatic nitrogens is 3. The molecule has 2 aromatic carbocycles. The van der Waals surface area contributed by atoms with Crippen molar-refractivity contribution >= 4 is 34.5 Å². The second-order valence-electron chi connectivity index (χ2n) is 7.08. The summed E-state index contributed by atoms with van der Waals surface area (Å²) in [5.74, 6) is -1.13. The average Bonchev–Trinajstić information content (AvgIpc) is 3.10. The van der Waals surface area contributed by atoms with Gasteiger partial charge in [-0.05, 0) is 37.1 Å². The van der Waals surface area contributed by atoms with Gasteiger partial charge < -0.3 is 0 Å². The molecule has 1 N–H and O–H groups in total. The first kappa shape index (κ1) is 22.2. The molecule has 3 aromatic rings. The van der Waals surface area contributed by atoms with E-state index in [9.17, 15) is 18.2 Å². The first-order valence-corrected chi connectivity index (χ1v) is 11.2. The van der Waals surface area contributed by atoms with Crippen LogP contribution in [0.1, 0.15) is 29.0 Å². The van der Waals surface area contributed by atoms with Crippen LogP contribution in [0.3, 0.4) is 0 Å². The molecule has 0 saturated carbocycles. The Balaban J connectivity index is 1.56. The Hall–Kier alpha value is -3.02. The predicted octanol–water partition coefficient (Wildman–Crippen LogP) is 2.54. The molecule has 1 aliphatic rings. The van der Waals surface area contributed by atoms with Crippen LogP contribution in [0.25, 0.3) is 5.69 Å². The second kappa shape index (κ2) is 9.23. The average molecular weight is 480 g/mol. The van der Waals surface area contributed by atoms with Gasteiger partial charge in [0.15, 0.2) is 5.82 Å². The van der Waals surface area contributed by atoms with Crippen LogP contribution in [-0.4, -0.2) is 31.5 Å². The first-order chi connectivity index (χ1) is 15.3. The SMILES string of the molecule is CN(OS(=O)NC(=O)c1cc(-n2nc3n(c2=O)CCCC3)c(F)cc1Cl)c1ccccc1. The molecule has 168 valence electrons. The van der Waals surface area contributed by atoms with Crippen molar-refractivity contribution in [3.8, 4) is 5.69 Å². The number of hydrogen-bond donors (Lipinski definition) is 1. The van der Waals surface area contributed by atoms with Crippen LogP contribution >= 0.6 is 11.6 Å². The highest BCUT2D eigenvalue weighted by Gasteiger charge is 2.23. The van der Waals surface area contributed by atoms with E-state index in [2.05, 4.69) is 9.82 Å². The molecule has 0 radical (unpaired) electrons. The van der Waals surface area contributed by atoms with E-state index < -0.39 is 28.7 Å².